The Bertz CT molecular complexity index is 804. The molecule has 4 heteroatoms. The molecule has 106 valence electrons. The van der Waals surface area contributed by atoms with Crippen molar-refractivity contribution in [1.29, 1.82) is 0 Å². The summed E-state index contributed by atoms with van der Waals surface area (Å²) in [6.07, 6.45) is 0. The highest BCUT2D eigenvalue weighted by Crippen LogP contribution is 2.31. The Morgan fingerprint density at radius 1 is 0.952 bits per heavy atom. The number of phenolic OH excluding ortho intramolecular Hbond substituents is 1. The molecule has 0 aliphatic carbocycles. The number of fused-ring (bicyclic) bond motifs is 1. The Balaban J connectivity index is 1.92. The van der Waals surface area contributed by atoms with Gasteiger partial charge in [-0.15, -0.1) is 0 Å². The van der Waals surface area contributed by atoms with Crippen molar-refractivity contribution >= 4 is 32.4 Å². The number of phenols is 1. The Kier molecular flexibility index (Phi) is 3.80. The quantitative estimate of drug-likeness (QED) is 0.695. The molecule has 0 aromatic heterocycles. The second-order valence-electron chi connectivity index (χ2n) is 4.74. The topological polar surface area (TPSA) is 32.3 Å². The summed E-state index contributed by atoms with van der Waals surface area (Å²) in [5.74, 6) is -0.901. The maximum Gasteiger partial charge on any atom is 0.165 e. The van der Waals surface area contributed by atoms with Gasteiger partial charge in [0.2, 0.25) is 0 Å². The molecule has 0 aliphatic heterocycles. The van der Waals surface area contributed by atoms with E-state index in [0.717, 1.165) is 20.9 Å². The summed E-state index contributed by atoms with van der Waals surface area (Å²) >= 11 is 3.53. The molecule has 0 unspecified atom stereocenters. The average molecular weight is 346 g/mol. The van der Waals surface area contributed by atoms with Crippen LogP contribution < -0.4 is 5.32 Å². The van der Waals surface area contributed by atoms with Gasteiger partial charge in [-0.25, -0.2) is 4.39 Å². The number of anilines is 1. The summed E-state index contributed by atoms with van der Waals surface area (Å²) in [6, 6.07) is 16.5. The fourth-order valence-corrected chi connectivity index (χ4v) is 2.79. The lowest BCUT2D eigenvalue weighted by molar-refractivity contribution is 0.427. The fraction of sp³-hybridized carbons (Fsp3) is 0.0588. The van der Waals surface area contributed by atoms with E-state index < -0.39 is 5.82 Å². The number of halogens is 2. The first-order valence-electron chi connectivity index (χ1n) is 6.54. The lowest BCUT2D eigenvalue weighted by Crippen LogP contribution is -2.01. The zero-order valence-corrected chi connectivity index (χ0v) is 12.7. The van der Waals surface area contributed by atoms with E-state index >= 15 is 0 Å². The largest absolute Gasteiger partial charge is 0.505 e. The van der Waals surface area contributed by atoms with Crippen LogP contribution in [0.5, 0.6) is 5.75 Å². The molecule has 3 aromatic carbocycles. The predicted octanol–water partition coefficient (Wildman–Crippen LogP) is 5.06. The summed E-state index contributed by atoms with van der Waals surface area (Å²) < 4.78 is 14.4. The third kappa shape index (κ3) is 2.72. The average Bonchev–Trinajstić information content (AvgIpc) is 2.51. The van der Waals surface area contributed by atoms with E-state index in [-0.39, 0.29) is 5.75 Å². The van der Waals surface area contributed by atoms with Gasteiger partial charge in [-0.2, -0.15) is 0 Å². The van der Waals surface area contributed by atoms with Crippen LogP contribution in [0.4, 0.5) is 10.1 Å². The number of aromatic hydroxyl groups is 1. The van der Waals surface area contributed by atoms with E-state index in [4.69, 9.17) is 0 Å². The first-order valence-corrected chi connectivity index (χ1v) is 7.33. The summed E-state index contributed by atoms with van der Waals surface area (Å²) in [4.78, 5) is 0. The number of hydrogen-bond donors (Lipinski definition) is 2. The summed E-state index contributed by atoms with van der Waals surface area (Å²) in [5.41, 5.74) is 1.47. The van der Waals surface area contributed by atoms with E-state index in [1.54, 1.807) is 12.1 Å². The molecule has 2 nitrogen and oxygen atoms in total. The number of rotatable bonds is 3. The molecule has 3 rings (SSSR count). The molecule has 0 bridgehead atoms. The van der Waals surface area contributed by atoms with Gasteiger partial charge in [0.25, 0.3) is 0 Å². The lowest BCUT2D eigenvalue weighted by atomic mass is 10.1. The van der Waals surface area contributed by atoms with Gasteiger partial charge in [0.15, 0.2) is 11.6 Å². The van der Waals surface area contributed by atoms with Crippen molar-refractivity contribution in [2.75, 3.05) is 5.32 Å². The van der Waals surface area contributed by atoms with Gasteiger partial charge in [0.05, 0.1) is 0 Å². The maximum atomic E-state index is 13.3. The van der Waals surface area contributed by atoms with Gasteiger partial charge in [-0.1, -0.05) is 52.3 Å². The van der Waals surface area contributed by atoms with Gasteiger partial charge in [-0.05, 0) is 23.6 Å². The van der Waals surface area contributed by atoms with Crippen molar-refractivity contribution in [2.24, 2.45) is 0 Å². The number of benzene rings is 3. The monoisotopic (exact) mass is 345 g/mol. The normalized spacial score (nSPS) is 10.8. The van der Waals surface area contributed by atoms with Crippen LogP contribution in [0, 0.1) is 5.82 Å². The van der Waals surface area contributed by atoms with Crippen LogP contribution in [-0.2, 0) is 6.54 Å². The minimum atomic E-state index is -0.602. The molecular weight excluding hydrogens is 333 g/mol. The summed E-state index contributed by atoms with van der Waals surface area (Å²) in [6.45, 7) is 0.356. The SMILES string of the molecule is Oc1c(F)cccc1CNc1ccc(Br)c2ccccc12. The van der Waals surface area contributed by atoms with Crippen LogP contribution in [0.15, 0.2) is 59.1 Å². The number of para-hydroxylation sites is 1. The molecule has 2 N–H and O–H groups in total. The van der Waals surface area contributed by atoms with Gasteiger partial charge < -0.3 is 10.4 Å². The molecule has 0 aliphatic rings. The Hall–Kier alpha value is -2.07. The molecule has 0 fully saturated rings. The lowest BCUT2D eigenvalue weighted by Gasteiger charge is -2.12. The van der Waals surface area contributed by atoms with Gasteiger partial charge in [0, 0.05) is 27.7 Å². The first-order chi connectivity index (χ1) is 10.2. The molecule has 0 radical (unpaired) electrons. The van der Waals surface area contributed by atoms with Crippen LogP contribution in [0.25, 0.3) is 10.8 Å². The smallest absolute Gasteiger partial charge is 0.165 e. The van der Waals surface area contributed by atoms with Gasteiger partial charge in [-0.3, -0.25) is 0 Å². The second-order valence-corrected chi connectivity index (χ2v) is 5.60. The van der Waals surface area contributed by atoms with Crippen LogP contribution in [0.3, 0.4) is 0 Å². The van der Waals surface area contributed by atoms with Crippen molar-refractivity contribution in [3.05, 3.63) is 70.5 Å². The highest BCUT2D eigenvalue weighted by Gasteiger charge is 2.08. The third-order valence-corrected chi connectivity index (χ3v) is 4.10. The summed E-state index contributed by atoms with van der Waals surface area (Å²) in [7, 11) is 0. The zero-order valence-electron chi connectivity index (χ0n) is 11.1. The fourth-order valence-electron chi connectivity index (χ4n) is 2.31. The molecule has 3 aromatic rings. The molecule has 0 saturated heterocycles. The molecule has 0 amide bonds. The van der Waals surface area contributed by atoms with Crippen molar-refractivity contribution in [2.45, 2.75) is 6.54 Å². The first kappa shape index (κ1) is 13.9. The van der Waals surface area contributed by atoms with Crippen LogP contribution in [-0.4, -0.2) is 5.11 Å². The third-order valence-electron chi connectivity index (χ3n) is 3.41. The zero-order chi connectivity index (χ0) is 14.8. The Morgan fingerprint density at radius 3 is 2.52 bits per heavy atom. The Labute approximate surface area is 130 Å². The minimum Gasteiger partial charge on any atom is -0.505 e. The van der Waals surface area contributed by atoms with E-state index in [2.05, 4.69) is 21.2 Å². The predicted molar refractivity (Wildman–Crippen MR) is 87.0 cm³/mol. The van der Waals surface area contributed by atoms with Crippen molar-refractivity contribution in [1.82, 2.24) is 0 Å². The Morgan fingerprint density at radius 2 is 1.71 bits per heavy atom. The number of hydrogen-bond acceptors (Lipinski definition) is 2. The standard InChI is InChI=1S/C17H13BrFNO/c18-14-8-9-16(13-6-2-1-5-12(13)14)20-10-11-4-3-7-15(19)17(11)21/h1-9,20-21H,10H2. The van der Waals surface area contributed by atoms with Crippen molar-refractivity contribution in [3.8, 4) is 5.75 Å². The van der Waals surface area contributed by atoms with E-state index in [9.17, 15) is 9.50 Å². The highest BCUT2D eigenvalue weighted by atomic mass is 79.9. The van der Waals surface area contributed by atoms with E-state index in [1.165, 1.54) is 6.07 Å². The molecule has 0 atom stereocenters. The van der Waals surface area contributed by atoms with Gasteiger partial charge >= 0.3 is 0 Å². The van der Waals surface area contributed by atoms with E-state index in [1.807, 2.05) is 36.4 Å². The van der Waals surface area contributed by atoms with Crippen LogP contribution >= 0.6 is 15.9 Å². The molecule has 0 saturated carbocycles. The van der Waals surface area contributed by atoms with E-state index in [0.29, 0.717) is 12.1 Å². The van der Waals surface area contributed by atoms with Crippen molar-refractivity contribution < 1.29 is 9.50 Å². The molecule has 0 spiro atoms. The highest BCUT2D eigenvalue weighted by molar-refractivity contribution is 9.10. The minimum absolute atomic E-state index is 0.300. The summed E-state index contributed by atoms with van der Waals surface area (Å²) in [5, 5.41) is 15.1. The van der Waals surface area contributed by atoms with Crippen LogP contribution in [0.1, 0.15) is 5.56 Å². The van der Waals surface area contributed by atoms with Gasteiger partial charge in [0.1, 0.15) is 0 Å². The second kappa shape index (κ2) is 5.74. The maximum absolute atomic E-state index is 13.3. The van der Waals surface area contributed by atoms with Crippen LogP contribution in [0.2, 0.25) is 0 Å². The molecular formula is C17H13BrFNO. The molecule has 0 heterocycles. The number of nitrogens with one attached hydrogen (secondary N) is 1. The molecule has 21 heavy (non-hydrogen) atoms. The van der Waals surface area contributed by atoms with Crippen molar-refractivity contribution in [3.63, 3.8) is 0 Å².